The molecule has 1 aromatic heterocycles. The summed E-state index contributed by atoms with van der Waals surface area (Å²) in [5.41, 5.74) is 0. The zero-order valence-electron chi connectivity index (χ0n) is 11.9. The van der Waals surface area contributed by atoms with Gasteiger partial charge in [0.15, 0.2) is 0 Å². The van der Waals surface area contributed by atoms with Gasteiger partial charge < -0.3 is 9.80 Å². The highest BCUT2D eigenvalue weighted by Gasteiger charge is 2.22. The molecule has 0 amide bonds. The van der Waals surface area contributed by atoms with Crippen LogP contribution >= 0.6 is 11.3 Å². The highest BCUT2D eigenvalue weighted by Crippen LogP contribution is 2.21. The molecule has 0 unspecified atom stereocenters. The summed E-state index contributed by atoms with van der Waals surface area (Å²) >= 11 is 1.90. The van der Waals surface area contributed by atoms with Gasteiger partial charge in [-0.3, -0.25) is 0 Å². The summed E-state index contributed by atoms with van der Waals surface area (Å²) in [7, 11) is 0. The number of hydrogen-bond donors (Lipinski definition) is 0. The van der Waals surface area contributed by atoms with E-state index in [1.54, 1.807) is 4.88 Å². The quantitative estimate of drug-likeness (QED) is 0.816. The first-order valence-corrected chi connectivity index (χ1v) is 8.75. The molecule has 1 aromatic rings. The topological polar surface area (TPSA) is 6.48 Å². The molecule has 2 aliphatic heterocycles. The Morgan fingerprint density at radius 1 is 1.05 bits per heavy atom. The van der Waals surface area contributed by atoms with Gasteiger partial charge in [-0.1, -0.05) is 6.07 Å². The molecule has 106 valence electrons. The Bertz CT molecular complexity index is 349. The van der Waals surface area contributed by atoms with Crippen molar-refractivity contribution in [3.8, 4) is 0 Å². The lowest BCUT2D eigenvalue weighted by Gasteiger charge is -2.33. The third kappa shape index (κ3) is 4.04. The molecule has 0 saturated carbocycles. The van der Waals surface area contributed by atoms with E-state index < -0.39 is 0 Å². The average molecular weight is 278 g/mol. The van der Waals surface area contributed by atoms with Gasteiger partial charge >= 0.3 is 0 Å². The van der Waals surface area contributed by atoms with Gasteiger partial charge in [-0.05, 0) is 75.6 Å². The van der Waals surface area contributed by atoms with Crippen molar-refractivity contribution >= 4 is 11.3 Å². The zero-order chi connectivity index (χ0) is 12.9. The summed E-state index contributed by atoms with van der Waals surface area (Å²) in [6.45, 7) is 8.00. The molecular formula is C16H26N2S. The predicted molar refractivity (Wildman–Crippen MR) is 82.9 cm³/mol. The van der Waals surface area contributed by atoms with Crippen LogP contribution in [0, 0.1) is 5.92 Å². The number of thiophene rings is 1. The number of piperidine rings is 1. The van der Waals surface area contributed by atoms with Crippen LogP contribution in [0.3, 0.4) is 0 Å². The fraction of sp³-hybridized carbons (Fsp3) is 0.750. The summed E-state index contributed by atoms with van der Waals surface area (Å²) < 4.78 is 0. The predicted octanol–water partition coefficient (Wildman–Crippen LogP) is 3.10. The highest BCUT2D eigenvalue weighted by molar-refractivity contribution is 7.09. The van der Waals surface area contributed by atoms with E-state index in [1.165, 1.54) is 71.4 Å². The molecule has 0 N–H and O–H groups in total. The molecule has 0 atom stereocenters. The van der Waals surface area contributed by atoms with E-state index in [0.717, 1.165) is 5.92 Å². The smallest absolute Gasteiger partial charge is 0.00579 e. The van der Waals surface area contributed by atoms with Gasteiger partial charge in [0.25, 0.3) is 0 Å². The Hall–Kier alpha value is -0.380. The molecule has 0 aliphatic carbocycles. The first-order chi connectivity index (χ1) is 9.40. The van der Waals surface area contributed by atoms with Gasteiger partial charge in [-0.25, -0.2) is 0 Å². The summed E-state index contributed by atoms with van der Waals surface area (Å²) in [5.74, 6) is 0.969. The van der Waals surface area contributed by atoms with Crippen molar-refractivity contribution in [2.75, 3.05) is 39.3 Å². The van der Waals surface area contributed by atoms with E-state index in [-0.39, 0.29) is 0 Å². The first kappa shape index (κ1) is 13.6. The number of likely N-dealkylation sites (tertiary alicyclic amines) is 2. The second-order valence-electron chi connectivity index (χ2n) is 6.12. The lowest BCUT2D eigenvalue weighted by Crippen LogP contribution is -2.38. The lowest BCUT2D eigenvalue weighted by atomic mass is 9.96. The number of rotatable bonds is 5. The molecule has 19 heavy (non-hydrogen) atoms. The van der Waals surface area contributed by atoms with Gasteiger partial charge in [-0.15, -0.1) is 11.3 Å². The largest absolute Gasteiger partial charge is 0.303 e. The van der Waals surface area contributed by atoms with Gasteiger partial charge in [0.05, 0.1) is 0 Å². The molecule has 2 nitrogen and oxygen atoms in total. The van der Waals surface area contributed by atoms with Crippen LogP contribution in [0.25, 0.3) is 0 Å². The van der Waals surface area contributed by atoms with Crippen molar-refractivity contribution in [1.29, 1.82) is 0 Å². The van der Waals surface area contributed by atoms with Crippen molar-refractivity contribution in [2.24, 2.45) is 5.92 Å². The second-order valence-corrected chi connectivity index (χ2v) is 7.15. The minimum absolute atomic E-state index is 0.969. The lowest BCUT2D eigenvalue weighted by molar-refractivity contribution is 0.155. The van der Waals surface area contributed by atoms with Crippen LogP contribution in [0.1, 0.15) is 30.6 Å². The molecule has 2 aliphatic rings. The number of hydrogen-bond acceptors (Lipinski definition) is 3. The van der Waals surface area contributed by atoms with Crippen molar-refractivity contribution in [3.05, 3.63) is 22.4 Å². The van der Waals surface area contributed by atoms with Crippen LogP contribution in [-0.4, -0.2) is 49.1 Å². The van der Waals surface area contributed by atoms with Crippen LogP contribution in [0.15, 0.2) is 17.5 Å². The van der Waals surface area contributed by atoms with Crippen LogP contribution in [-0.2, 0) is 6.42 Å². The van der Waals surface area contributed by atoms with Crippen molar-refractivity contribution in [2.45, 2.75) is 32.1 Å². The molecule has 0 spiro atoms. The maximum Gasteiger partial charge on any atom is 0.00579 e. The van der Waals surface area contributed by atoms with Gasteiger partial charge in [-0.2, -0.15) is 0 Å². The van der Waals surface area contributed by atoms with Crippen LogP contribution in [0.5, 0.6) is 0 Å². The van der Waals surface area contributed by atoms with Crippen molar-refractivity contribution in [1.82, 2.24) is 9.80 Å². The van der Waals surface area contributed by atoms with E-state index in [2.05, 4.69) is 27.3 Å². The molecule has 0 bridgehead atoms. The summed E-state index contributed by atoms with van der Waals surface area (Å²) in [5, 5.41) is 2.19. The Morgan fingerprint density at radius 2 is 1.84 bits per heavy atom. The van der Waals surface area contributed by atoms with Gasteiger partial charge in [0.1, 0.15) is 0 Å². The van der Waals surface area contributed by atoms with Crippen molar-refractivity contribution < 1.29 is 0 Å². The normalized spacial score (nSPS) is 23.2. The Balaban J connectivity index is 1.34. The van der Waals surface area contributed by atoms with Crippen molar-refractivity contribution in [3.63, 3.8) is 0 Å². The molecule has 3 heteroatoms. The third-order valence-electron chi connectivity index (χ3n) is 4.68. The van der Waals surface area contributed by atoms with E-state index in [4.69, 9.17) is 0 Å². The minimum Gasteiger partial charge on any atom is -0.303 e. The monoisotopic (exact) mass is 278 g/mol. The molecule has 0 aromatic carbocycles. The maximum absolute atomic E-state index is 2.69. The summed E-state index contributed by atoms with van der Waals surface area (Å²) in [6.07, 6.45) is 6.94. The summed E-state index contributed by atoms with van der Waals surface area (Å²) in [6, 6.07) is 4.44. The van der Waals surface area contributed by atoms with E-state index >= 15 is 0 Å². The Kier molecular flexibility index (Phi) is 4.91. The van der Waals surface area contributed by atoms with Gasteiger partial charge in [0.2, 0.25) is 0 Å². The molecule has 0 radical (unpaired) electrons. The van der Waals surface area contributed by atoms with E-state index in [1.807, 2.05) is 11.3 Å². The standard InChI is InChI=1S/C16H26N2S/c1-2-9-18(8-1)14-15-5-10-17(11-6-15)12-7-16-4-3-13-19-16/h3-4,13,15H,1-2,5-12,14H2. The third-order valence-corrected chi connectivity index (χ3v) is 5.61. The van der Waals surface area contributed by atoms with Gasteiger partial charge in [0, 0.05) is 18.0 Å². The van der Waals surface area contributed by atoms with Crippen LogP contribution < -0.4 is 0 Å². The zero-order valence-corrected chi connectivity index (χ0v) is 12.7. The Labute approximate surface area is 121 Å². The molecule has 2 fully saturated rings. The van der Waals surface area contributed by atoms with Crippen LogP contribution in [0.4, 0.5) is 0 Å². The second kappa shape index (κ2) is 6.87. The first-order valence-electron chi connectivity index (χ1n) is 7.87. The van der Waals surface area contributed by atoms with Crippen LogP contribution in [0.2, 0.25) is 0 Å². The molecule has 3 rings (SSSR count). The fourth-order valence-electron chi connectivity index (χ4n) is 3.45. The molecule has 2 saturated heterocycles. The molecule has 3 heterocycles. The molecular weight excluding hydrogens is 252 g/mol. The summed E-state index contributed by atoms with van der Waals surface area (Å²) in [4.78, 5) is 6.89. The average Bonchev–Trinajstić information content (AvgIpc) is 3.11. The highest BCUT2D eigenvalue weighted by atomic mass is 32.1. The number of nitrogens with zero attached hydrogens (tertiary/aromatic N) is 2. The Morgan fingerprint density at radius 3 is 2.53 bits per heavy atom. The maximum atomic E-state index is 2.69. The minimum atomic E-state index is 0.969. The van der Waals surface area contributed by atoms with E-state index in [0.29, 0.717) is 0 Å². The SMILES string of the molecule is c1csc(CCN2CCC(CN3CCCC3)CC2)c1. The fourth-order valence-corrected chi connectivity index (χ4v) is 4.14. The van der Waals surface area contributed by atoms with E-state index in [9.17, 15) is 0 Å².